The van der Waals surface area contributed by atoms with E-state index in [9.17, 15) is 14.7 Å². The van der Waals surface area contributed by atoms with Gasteiger partial charge in [-0.05, 0) is 43.4 Å². The molecule has 1 N–H and O–H groups in total. The van der Waals surface area contributed by atoms with Crippen LogP contribution in [-0.4, -0.2) is 35.3 Å². The molecule has 2 rings (SSSR count). The molecule has 1 aromatic carbocycles. The highest BCUT2D eigenvalue weighted by Gasteiger charge is 2.21. The number of benzene rings is 1. The third-order valence-electron chi connectivity index (χ3n) is 3.88. The van der Waals surface area contributed by atoms with E-state index < -0.39 is 0 Å². The Labute approximate surface area is 126 Å². The van der Waals surface area contributed by atoms with Crippen molar-refractivity contribution in [2.24, 2.45) is 5.92 Å². The van der Waals surface area contributed by atoms with Gasteiger partial charge in [0, 0.05) is 25.4 Å². The molecule has 1 saturated heterocycles. The van der Waals surface area contributed by atoms with Crippen LogP contribution in [0, 0.1) is 5.92 Å². The molecule has 0 aliphatic carbocycles. The van der Waals surface area contributed by atoms with Gasteiger partial charge in [-0.3, -0.25) is 4.79 Å². The summed E-state index contributed by atoms with van der Waals surface area (Å²) < 4.78 is 0. The molecule has 4 nitrogen and oxygen atoms in total. The van der Waals surface area contributed by atoms with Gasteiger partial charge in [0.05, 0.1) is 0 Å². The summed E-state index contributed by atoms with van der Waals surface area (Å²) in [5.41, 5.74) is 1.13. The second-order valence-corrected chi connectivity index (χ2v) is 5.37. The minimum Gasteiger partial charge on any atom is -0.508 e. The summed E-state index contributed by atoms with van der Waals surface area (Å²) in [7, 11) is 0. The number of aryl methyl sites for hydroxylation is 1. The summed E-state index contributed by atoms with van der Waals surface area (Å²) in [6.07, 6.45) is 4.81. The first kappa shape index (κ1) is 17.2. The lowest BCUT2D eigenvalue weighted by Crippen LogP contribution is -2.38. The number of phenols is 1. The van der Waals surface area contributed by atoms with Gasteiger partial charge < -0.3 is 14.8 Å². The first-order valence-electron chi connectivity index (χ1n) is 7.20. The van der Waals surface area contributed by atoms with Crippen LogP contribution in [0.25, 0.3) is 0 Å². The SMILES string of the molecule is C.O=CC1CCN(C(=O)CCCc2ccc(O)cc2)CC1. The summed E-state index contributed by atoms with van der Waals surface area (Å²) in [4.78, 5) is 24.6. The minimum absolute atomic E-state index is 0. The number of carbonyl (C=O) groups is 2. The van der Waals surface area contributed by atoms with Gasteiger partial charge in [0.1, 0.15) is 12.0 Å². The van der Waals surface area contributed by atoms with Crippen LogP contribution in [0.15, 0.2) is 24.3 Å². The topological polar surface area (TPSA) is 57.6 Å². The standard InChI is InChI=1S/C16H21NO3.CH4/c18-12-14-8-10-17(11-9-14)16(20)3-1-2-13-4-6-15(19)7-5-13;/h4-7,12,14,19H,1-3,8-11H2;1H4. The third kappa shape index (κ3) is 5.21. The number of hydrogen-bond acceptors (Lipinski definition) is 3. The van der Waals surface area contributed by atoms with Crippen molar-refractivity contribution in [3.8, 4) is 5.75 Å². The van der Waals surface area contributed by atoms with Gasteiger partial charge in [-0.1, -0.05) is 19.6 Å². The van der Waals surface area contributed by atoms with Crippen LogP contribution in [0.1, 0.15) is 38.7 Å². The molecule has 0 saturated carbocycles. The molecular formula is C17H25NO3. The highest BCUT2D eigenvalue weighted by atomic mass is 16.3. The van der Waals surface area contributed by atoms with E-state index in [1.54, 1.807) is 12.1 Å². The Morgan fingerprint density at radius 2 is 1.86 bits per heavy atom. The van der Waals surface area contributed by atoms with Gasteiger partial charge in [-0.15, -0.1) is 0 Å². The van der Waals surface area contributed by atoms with Crippen molar-refractivity contribution in [1.82, 2.24) is 4.90 Å². The second kappa shape index (κ2) is 8.45. The van der Waals surface area contributed by atoms with E-state index in [4.69, 9.17) is 0 Å². The van der Waals surface area contributed by atoms with Gasteiger partial charge in [-0.25, -0.2) is 0 Å². The quantitative estimate of drug-likeness (QED) is 0.849. The van der Waals surface area contributed by atoms with E-state index in [1.807, 2.05) is 17.0 Å². The van der Waals surface area contributed by atoms with Crippen molar-refractivity contribution < 1.29 is 14.7 Å². The fraction of sp³-hybridized carbons (Fsp3) is 0.529. The van der Waals surface area contributed by atoms with Crippen LogP contribution in [0.3, 0.4) is 0 Å². The first-order chi connectivity index (χ1) is 9.69. The summed E-state index contributed by atoms with van der Waals surface area (Å²) in [6, 6.07) is 7.10. The van der Waals surface area contributed by atoms with Crippen LogP contribution >= 0.6 is 0 Å². The molecule has 1 aliphatic heterocycles. The smallest absolute Gasteiger partial charge is 0.222 e. The van der Waals surface area contributed by atoms with E-state index >= 15 is 0 Å². The summed E-state index contributed by atoms with van der Waals surface area (Å²) in [6.45, 7) is 1.42. The van der Waals surface area contributed by atoms with E-state index in [0.717, 1.165) is 37.5 Å². The number of amides is 1. The molecule has 1 amide bonds. The molecule has 4 heteroatoms. The van der Waals surface area contributed by atoms with E-state index in [-0.39, 0.29) is 25.0 Å². The maximum Gasteiger partial charge on any atom is 0.222 e. The molecule has 1 fully saturated rings. The Bertz CT molecular complexity index is 448. The maximum absolute atomic E-state index is 12.0. The number of phenolic OH excluding ortho intramolecular Hbond substituents is 1. The fourth-order valence-corrected chi connectivity index (χ4v) is 2.55. The molecule has 1 aromatic rings. The predicted molar refractivity (Wildman–Crippen MR) is 83.1 cm³/mol. The first-order valence-corrected chi connectivity index (χ1v) is 7.20. The summed E-state index contributed by atoms with van der Waals surface area (Å²) in [5, 5.41) is 9.20. The third-order valence-corrected chi connectivity index (χ3v) is 3.88. The number of carbonyl (C=O) groups excluding carboxylic acids is 2. The second-order valence-electron chi connectivity index (χ2n) is 5.37. The monoisotopic (exact) mass is 291 g/mol. The molecule has 0 atom stereocenters. The van der Waals surface area contributed by atoms with Gasteiger partial charge in [0.15, 0.2) is 0 Å². The molecule has 0 radical (unpaired) electrons. The molecule has 0 bridgehead atoms. The van der Waals surface area contributed by atoms with Crippen LogP contribution in [0.2, 0.25) is 0 Å². The average Bonchev–Trinajstić information content (AvgIpc) is 2.49. The predicted octanol–water partition coefficient (Wildman–Crippen LogP) is 2.79. The molecule has 1 aliphatic rings. The van der Waals surface area contributed by atoms with E-state index in [2.05, 4.69) is 0 Å². The number of hydrogen-bond donors (Lipinski definition) is 1. The average molecular weight is 291 g/mol. The number of nitrogens with zero attached hydrogens (tertiary/aromatic N) is 1. The van der Waals surface area contributed by atoms with Crippen LogP contribution < -0.4 is 0 Å². The van der Waals surface area contributed by atoms with Crippen molar-refractivity contribution in [3.63, 3.8) is 0 Å². The molecule has 0 spiro atoms. The van der Waals surface area contributed by atoms with Crippen LogP contribution in [-0.2, 0) is 16.0 Å². The highest BCUT2D eigenvalue weighted by molar-refractivity contribution is 5.76. The Kier molecular flexibility index (Phi) is 6.92. The lowest BCUT2D eigenvalue weighted by atomic mass is 9.98. The zero-order chi connectivity index (χ0) is 14.4. The Hall–Kier alpha value is -1.84. The number of aromatic hydroxyl groups is 1. The largest absolute Gasteiger partial charge is 0.508 e. The Balaban J connectivity index is 0.00000220. The van der Waals surface area contributed by atoms with Gasteiger partial charge in [-0.2, -0.15) is 0 Å². The van der Waals surface area contributed by atoms with Crippen molar-refractivity contribution in [2.45, 2.75) is 39.5 Å². The molecule has 116 valence electrons. The molecule has 0 unspecified atom stereocenters. The number of rotatable bonds is 5. The minimum atomic E-state index is 0. The summed E-state index contributed by atoms with van der Waals surface area (Å²) >= 11 is 0. The van der Waals surface area contributed by atoms with E-state index in [0.29, 0.717) is 19.5 Å². The molecular weight excluding hydrogens is 266 g/mol. The van der Waals surface area contributed by atoms with Crippen molar-refractivity contribution >= 4 is 12.2 Å². The summed E-state index contributed by atoms with van der Waals surface area (Å²) in [5.74, 6) is 0.590. The lowest BCUT2D eigenvalue weighted by Gasteiger charge is -2.29. The molecule has 21 heavy (non-hydrogen) atoms. The molecule has 1 heterocycles. The van der Waals surface area contributed by atoms with Crippen molar-refractivity contribution in [1.29, 1.82) is 0 Å². The van der Waals surface area contributed by atoms with Crippen LogP contribution in [0.4, 0.5) is 0 Å². The number of likely N-dealkylation sites (tertiary alicyclic amines) is 1. The zero-order valence-corrected chi connectivity index (χ0v) is 11.6. The van der Waals surface area contributed by atoms with Gasteiger partial charge >= 0.3 is 0 Å². The van der Waals surface area contributed by atoms with Gasteiger partial charge in [0.2, 0.25) is 5.91 Å². The van der Waals surface area contributed by atoms with Gasteiger partial charge in [0.25, 0.3) is 0 Å². The van der Waals surface area contributed by atoms with E-state index in [1.165, 1.54) is 0 Å². The zero-order valence-electron chi connectivity index (χ0n) is 11.6. The number of piperidine rings is 1. The maximum atomic E-state index is 12.0. The lowest BCUT2D eigenvalue weighted by molar-refractivity contribution is -0.133. The van der Waals surface area contributed by atoms with Crippen molar-refractivity contribution in [2.75, 3.05) is 13.1 Å². The Morgan fingerprint density at radius 3 is 2.43 bits per heavy atom. The Morgan fingerprint density at radius 1 is 1.24 bits per heavy atom. The van der Waals surface area contributed by atoms with Crippen LogP contribution in [0.5, 0.6) is 5.75 Å². The fourth-order valence-electron chi connectivity index (χ4n) is 2.55. The normalized spacial score (nSPS) is 15.3. The molecule has 0 aromatic heterocycles. The number of aldehydes is 1. The van der Waals surface area contributed by atoms with Crippen molar-refractivity contribution in [3.05, 3.63) is 29.8 Å². The highest BCUT2D eigenvalue weighted by Crippen LogP contribution is 2.17.